The first-order chi connectivity index (χ1) is 11.9. The number of benzene rings is 2. The highest BCUT2D eigenvalue weighted by atomic mass is 16.6. The molecule has 1 atom stereocenters. The summed E-state index contributed by atoms with van der Waals surface area (Å²) in [5.74, 6) is -0.847. The van der Waals surface area contributed by atoms with E-state index in [-0.39, 0.29) is 17.0 Å². The molecule has 0 aliphatic carbocycles. The van der Waals surface area contributed by atoms with Crippen molar-refractivity contribution in [1.29, 1.82) is 0 Å². The van der Waals surface area contributed by atoms with Gasteiger partial charge in [0.25, 0.3) is 5.69 Å². The van der Waals surface area contributed by atoms with Crippen LogP contribution in [0, 0.1) is 10.1 Å². The van der Waals surface area contributed by atoms with Crippen LogP contribution < -0.4 is 0 Å². The molecule has 0 saturated carbocycles. The van der Waals surface area contributed by atoms with Gasteiger partial charge in [0.1, 0.15) is 5.56 Å². The molecule has 0 spiro atoms. The van der Waals surface area contributed by atoms with Crippen LogP contribution in [-0.2, 0) is 4.74 Å². The van der Waals surface area contributed by atoms with E-state index in [9.17, 15) is 19.7 Å². The number of hydrogen-bond donors (Lipinski definition) is 0. The molecule has 0 radical (unpaired) electrons. The van der Waals surface area contributed by atoms with Crippen molar-refractivity contribution in [3.63, 3.8) is 0 Å². The average Bonchev–Trinajstić information content (AvgIpc) is 2.65. The van der Waals surface area contributed by atoms with Crippen LogP contribution >= 0.6 is 0 Å². The number of carbonyl (C=O) groups excluding carboxylic acids is 2. The van der Waals surface area contributed by atoms with Crippen LogP contribution in [0.3, 0.4) is 0 Å². The highest BCUT2D eigenvalue weighted by Crippen LogP contribution is 2.20. The monoisotopic (exact) mass is 341 g/mol. The molecule has 6 nitrogen and oxygen atoms in total. The first-order valence-corrected chi connectivity index (χ1v) is 7.97. The Labute approximate surface area is 145 Å². The summed E-state index contributed by atoms with van der Waals surface area (Å²) in [4.78, 5) is 34.4. The van der Waals surface area contributed by atoms with Gasteiger partial charge in [-0.05, 0) is 24.0 Å². The van der Waals surface area contributed by atoms with Crippen molar-refractivity contribution in [2.75, 3.05) is 6.61 Å². The predicted octanol–water partition coefficient (Wildman–Crippen LogP) is 4.15. The van der Waals surface area contributed by atoms with Crippen LogP contribution in [-0.4, -0.2) is 23.3 Å². The van der Waals surface area contributed by atoms with Crippen molar-refractivity contribution in [2.24, 2.45) is 0 Å². The maximum atomic E-state index is 12.1. The van der Waals surface area contributed by atoms with Gasteiger partial charge < -0.3 is 4.74 Å². The summed E-state index contributed by atoms with van der Waals surface area (Å²) in [7, 11) is 0. The topological polar surface area (TPSA) is 86.5 Å². The Morgan fingerprint density at radius 2 is 1.76 bits per heavy atom. The Morgan fingerprint density at radius 3 is 2.36 bits per heavy atom. The van der Waals surface area contributed by atoms with E-state index in [2.05, 4.69) is 13.8 Å². The van der Waals surface area contributed by atoms with Gasteiger partial charge in [0.15, 0.2) is 12.4 Å². The lowest BCUT2D eigenvalue weighted by Crippen LogP contribution is -2.15. The summed E-state index contributed by atoms with van der Waals surface area (Å²) < 4.78 is 4.94. The first-order valence-electron chi connectivity index (χ1n) is 7.97. The maximum absolute atomic E-state index is 12.1. The van der Waals surface area contributed by atoms with Crippen molar-refractivity contribution >= 4 is 17.4 Å². The van der Waals surface area contributed by atoms with Crippen molar-refractivity contribution in [2.45, 2.75) is 26.2 Å². The third-order valence-electron chi connectivity index (χ3n) is 4.07. The molecular weight excluding hydrogens is 322 g/mol. The molecule has 0 unspecified atom stereocenters. The van der Waals surface area contributed by atoms with Crippen LogP contribution in [0.15, 0.2) is 48.5 Å². The minimum atomic E-state index is -0.892. The fourth-order valence-electron chi connectivity index (χ4n) is 2.33. The number of nitro groups is 1. The van der Waals surface area contributed by atoms with E-state index in [0.717, 1.165) is 12.0 Å². The second-order valence-electron chi connectivity index (χ2n) is 5.70. The van der Waals surface area contributed by atoms with Gasteiger partial charge in [-0.2, -0.15) is 0 Å². The number of para-hydroxylation sites is 1. The molecule has 130 valence electrons. The fraction of sp³-hybridized carbons (Fsp3) is 0.263. The van der Waals surface area contributed by atoms with Crippen molar-refractivity contribution in [3.05, 3.63) is 75.3 Å². The van der Waals surface area contributed by atoms with E-state index in [4.69, 9.17) is 4.74 Å². The number of carbonyl (C=O) groups is 2. The summed E-state index contributed by atoms with van der Waals surface area (Å²) in [6.45, 7) is 3.73. The molecular formula is C19H19NO5. The van der Waals surface area contributed by atoms with E-state index >= 15 is 0 Å². The van der Waals surface area contributed by atoms with Crippen molar-refractivity contribution in [3.8, 4) is 0 Å². The molecule has 2 aromatic carbocycles. The van der Waals surface area contributed by atoms with Crippen LogP contribution in [0.2, 0.25) is 0 Å². The standard InChI is InChI=1S/C19H19NO5/c1-3-13(2)14-8-10-15(11-9-14)18(21)12-25-19(22)16-6-4-5-7-17(16)20(23)24/h4-11,13H,3,12H2,1-2H3/t13-/m0/s1. The van der Waals surface area contributed by atoms with Gasteiger partial charge >= 0.3 is 5.97 Å². The first kappa shape index (κ1) is 18.3. The summed E-state index contributed by atoms with van der Waals surface area (Å²) in [6, 6.07) is 12.6. The second-order valence-corrected chi connectivity index (χ2v) is 5.70. The molecule has 0 heterocycles. The molecule has 25 heavy (non-hydrogen) atoms. The lowest BCUT2D eigenvalue weighted by molar-refractivity contribution is -0.385. The largest absolute Gasteiger partial charge is 0.454 e. The molecule has 0 bridgehead atoms. The number of ketones is 1. The maximum Gasteiger partial charge on any atom is 0.345 e. The number of ether oxygens (including phenoxy) is 1. The lowest BCUT2D eigenvalue weighted by atomic mass is 9.97. The SMILES string of the molecule is CC[C@H](C)c1ccc(C(=O)COC(=O)c2ccccc2[N+](=O)[O-])cc1. The Hall–Kier alpha value is -3.02. The Balaban J connectivity index is 2.02. The number of nitro benzene ring substituents is 1. The molecule has 0 amide bonds. The minimum absolute atomic E-state index is 0.174. The highest BCUT2D eigenvalue weighted by Gasteiger charge is 2.21. The van der Waals surface area contributed by atoms with E-state index < -0.39 is 17.5 Å². The number of rotatable bonds is 7. The summed E-state index contributed by atoms with van der Waals surface area (Å²) in [6.07, 6.45) is 1.00. The molecule has 0 fully saturated rings. The van der Waals surface area contributed by atoms with Gasteiger partial charge in [-0.3, -0.25) is 14.9 Å². The van der Waals surface area contributed by atoms with Gasteiger partial charge in [-0.1, -0.05) is 50.2 Å². The molecule has 2 rings (SSSR count). The molecule has 2 aromatic rings. The van der Waals surface area contributed by atoms with Gasteiger partial charge in [0, 0.05) is 11.6 Å². The molecule has 0 N–H and O–H groups in total. The summed E-state index contributed by atoms with van der Waals surface area (Å²) in [5.41, 5.74) is 1.05. The Kier molecular flexibility index (Phi) is 6.00. The quantitative estimate of drug-likeness (QED) is 0.327. The zero-order chi connectivity index (χ0) is 18.4. The zero-order valence-corrected chi connectivity index (χ0v) is 14.1. The lowest BCUT2D eigenvalue weighted by Gasteiger charge is -2.09. The van der Waals surface area contributed by atoms with Gasteiger partial charge in [0.05, 0.1) is 4.92 Å². The highest BCUT2D eigenvalue weighted by molar-refractivity contribution is 6.00. The van der Waals surface area contributed by atoms with Gasteiger partial charge in [-0.25, -0.2) is 4.79 Å². The van der Waals surface area contributed by atoms with Gasteiger partial charge in [0.2, 0.25) is 0 Å². The average molecular weight is 341 g/mol. The van der Waals surface area contributed by atoms with Crippen LogP contribution in [0.4, 0.5) is 5.69 Å². The number of esters is 1. The van der Waals surface area contributed by atoms with Gasteiger partial charge in [-0.15, -0.1) is 0 Å². The van der Waals surface area contributed by atoms with Crippen LogP contribution in [0.5, 0.6) is 0 Å². The van der Waals surface area contributed by atoms with E-state index in [1.54, 1.807) is 12.1 Å². The second kappa shape index (κ2) is 8.19. The molecule has 0 saturated heterocycles. The Morgan fingerprint density at radius 1 is 1.12 bits per heavy atom. The zero-order valence-electron chi connectivity index (χ0n) is 14.1. The minimum Gasteiger partial charge on any atom is -0.454 e. The fourth-order valence-corrected chi connectivity index (χ4v) is 2.33. The van der Waals surface area contributed by atoms with E-state index in [1.807, 2.05) is 12.1 Å². The van der Waals surface area contributed by atoms with Crippen LogP contribution in [0.1, 0.15) is 52.5 Å². The third kappa shape index (κ3) is 4.50. The third-order valence-corrected chi connectivity index (χ3v) is 4.07. The molecule has 0 aliphatic heterocycles. The smallest absolute Gasteiger partial charge is 0.345 e. The number of nitrogens with zero attached hydrogens (tertiary/aromatic N) is 1. The van der Waals surface area contributed by atoms with E-state index in [1.165, 1.54) is 24.3 Å². The molecule has 0 aromatic heterocycles. The summed E-state index contributed by atoms with van der Waals surface area (Å²) in [5, 5.41) is 10.9. The van der Waals surface area contributed by atoms with Crippen LogP contribution in [0.25, 0.3) is 0 Å². The Bertz CT molecular complexity index is 783. The molecule has 6 heteroatoms. The number of hydrogen-bond acceptors (Lipinski definition) is 5. The molecule has 0 aliphatic rings. The van der Waals surface area contributed by atoms with Crippen molar-refractivity contribution < 1.29 is 19.2 Å². The number of Topliss-reactive ketones (excluding diaryl/α,β-unsaturated/α-hetero) is 1. The summed E-state index contributed by atoms with van der Waals surface area (Å²) >= 11 is 0. The van der Waals surface area contributed by atoms with E-state index in [0.29, 0.717) is 11.5 Å². The predicted molar refractivity (Wildman–Crippen MR) is 92.9 cm³/mol. The van der Waals surface area contributed by atoms with Crippen molar-refractivity contribution in [1.82, 2.24) is 0 Å². The normalized spacial score (nSPS) is 11.6.